The summed E-state index contributed by atoms with van der Waals surface area (Å²) in [5.74, 6) is -1.54. The molecule has 104 valence electrons. The maximum Gasteiger partial charge on any atom is 1.00 e. The summed E-state index contributed by atoms with van der Waals surface area (Å²) in [7, 11) is 0. The third-order valence-corrected chi connectivity index (χ3v) is 2.56. The summed E-state index contributed by atoms with van der Waals surface area (Å²) < 4.78 is 10.3. The Hall–Kier alpha value is -1.45. The molecule has 0 aromatic carbocycles. The van der Waals surface area contributed by atoms with E-state index in [0.717, 1.165) is 0 Å². The molecule has 0 aliphatic carbocycles. The number of carboxylic acid groups (broad SMARTS) is 1. The summed E-state index contributed by atoms with van der Waals surface area (Å²) in [6.45, 7) is 5.92. The Morgan fingerprint density at radius 1 is 1.40 bits per heavy atom. The minimum atomic E-state index is -1.46. The number of aromatic nitrogens is 1. The van der Waals surface area contributed by atoms with Crippen molar-refractivity contribution >= 4 is 12.1 Å². The van der Waals surface area contributed by atoms with Crippen LogP contribution in [0.15, 0.2) is 4.42 Å². The zero-order chi connectivity index (χ0) is 14.2. The number of oxazole rings is 1. The first-order chi connectivity index (χ1) is 8.76. The van der Waals surface area contributed by atoms with Gasteiger partial charge >= 0.3 is 25.0 Å². The third-order valence-electron chi connectivity index (χ3n) is 2.56. The maximum absolute atomic E-state index is 11.9. The standard InChI is InChI=1S/C12H16N2O5.Li/c1-12(2,3)19-11(17)14-5-4-7-8(6-14)18-9(13-7)10(15)16;/h4-6H2,1-3H3,(H,15,16);/q;+1/p-1. The molecule has 1 aliphatic rings. The maximum atomic E-state index is 11.9. The van der Waals surface area contributed by atoms with Crippen LogP contribution in [0.2, 0.25) is 0 Å². The predicted molar refractivity (Wildman–Crippen MR) is 61.2 cm³/mol. The molecule has 2 heterocycles. The molecule has 1 aromatic heterocycles. The van der Waals surface area contributed by atoms with Crippen LogP contribution >= 0.6 is 0 Å². The molecule has 0 saturated heterocycles. The van der Waals surface area contributed by atoms with Crippen LogP contribution in [0.4, 0.5) is 4.79 Å². The molecule has 0 atom stereocenters. The van der Waals surface area contributed by atoms with E-state index in [1.165, 1.54) is 4.90 Å². The average molecular weight is 274 g/mol. The largest absolute Gasteiger partial charge is 1.00 e. The molecule has 8 heteroatoms. The number of ether oxygens (including phenoxy) is 1. The molecule has 0 fully saturated rings. The second-order valence-corrected chi connectivity index (χ2v) is 5.33. The van der Waals surface area contributed by atoms with Gasteiger partial charge in [-0.25, -0.2) is 9.78 Å². The SMILES string of the molecule is CC(C)(C)OC(=O)N1CCc2nc(C(=O)[O-])oc2C1.[Li+]. The van der Waals surface area contributed by atoms with Gasteiger partial charge in [0.15, 0.2) is 0 Å². The first kappa shape index (κ1) is 16.6. The number of fused-ring (bicyclic) bond motifs is 1. The van der Waals surface area contributed by atoms with Gasteiger partial charge in [0.25, 0.3) is 0 Å². The number of amides is 1. The van der Waals surface area contributed by atoms with E-state index in [1.807, 2.05) is 0 Å². The van der Waals surface area contributed by atoms with E-state index in [4.69, 9.17) is 9.15 Å². The fraction of sp³-hybridized carbons (Fsp3) is 0.583. The Kier molecular flexibility index (Phi) is 4.89. The van der Waals surface area contributed by atoms with Gasteiger partial charge in [0.2, 0.25) is 5.89 Å². The Balaban J connectivity index is 0.00000200. The van der Waals surface area contributed by atoms with Crippen LogP contribution in [0.3, 0.4) is 0 Å². The second-order valence-electron chi connectivity index (χ2n) is 5.33. The fourth-order valence-electron chi connectivity index (χ4n) is 1.77. The number of carboxylic acids is 1. The minimum absolute atomic E-state index is 0. The van der Waals surface area contributed by atoms with Crippen LogP contribution in [0.5, 0.6) is 0 Å². The van der Waals surface area contributed by atoms with Crippen molar-refractivity contribution < 1.29 is 42.7 Å². The van der Waals surface area contributed by atoms with Gasteiger partial charge in [0, 0.05) is 13.0 Å². The van der Waals surface area contributed by atoms with Crippen molar-refractivity contribution in [3.63, 3.8) is 0 Å². The number of hydrogen-bond donors (Lipinski definition) is 0. The van der Waals surface area contributed by atoms with Gasteiger partial charge in [-0.2, -0.15) is 0 Å². The van der Waals surface area contributed by atoms with E-state index >= 15 is 0 Å². The predicted octanol–water partition coefficient (Wildman–Crippen LogP) is -2.66. The van der Waals surface area contributed by atoms with Crippen molar-refractivity contribution in [3.8, 4) is 0 Å². The normalized spacial score (nSPS) is 14.2. The molecule has 1 amide bonds. The van der Waals surface area contributed by atoms with Crippen molar-refractivity contribution in [1.82, 2.24) is 9.88 Å². The molecule has 20 heavy (non-hydrogen) atoms. The first-order valence-corrected chi connectivity index (χ1v) is 5.94. The van der Waals surface area contributed by atoms with Crippen molar-refractivity contribution in [2.45, 2.75) is 39.3 Å². The summed E-state index contributed by atoms with van der Waals surface area (Å²) >= 11 is 0. The summed E-state index contributed by atoms with van der Waals surface area (Å²) in [6, 6.07) is 0. The molecule has 0 unspecified atom stereocenters. The quantitative estimate of drug-likeness (QED) is 0.518. The van der Waals surface area contributed by atoms with Crippen LogP contribution in [0, 0.1) is 0 Å². The molecule has 1 aromatic rings. The Morgan fingerprint density at radius 2 is 2.05 bits per heavy atom. The van der Waals surface area contributed by atoms with Gasteiger partial charge in [0.05, 0.1) is 12.2 Å². The minimum Gasteiger partial charge on any atom is -0.540 e. The zero-order valence-corrected chi connectivity index (χ0v) is 12.1. The van der Waals surface area contributed by atoms with Crippen molar-refractivity contribution in [2.24, 2.45) is 0 Å². The number of aromatic carboxylic acids is 1. The molecule has 0 N–H and O–H groups in total. The van der Waals surface area contributed by atoms with E-state index in [-0.39, 0.29) is 25.4 Å². The van der Waals surface area contributed by atoms with Gasteiger partial charge in [0.1, 0.15) is 17.3 Å². The van der Waals surface area contributed by atoms with Crippen LogP contribution in [0.25, 0.3) is 0 Å². The van der Waals surface area contributed by atoms with Crippen LogP contribution in [-0.4, -0.2) is 34.1 Å². The second kappa shape index (κ2) is 5.90. The van der Waals surface area contributed by atoms with Crippen LogP contribution in [0.1, 0.15) is 42.9 Å². The Labute approximate surface area is 128 Å². The third kappa shape index (κ3) is 3.78. The first-order valence-electron chi connectivity index (χ1n) is 5.94. The van der Waals surface area contributed by atoms with Gasteiger partial charge in [-0.3, -0.25) is 0 Å². The van der Waals surface area contributed by atoms with Gasteiger partial charge in [-0.15, -0.1) is 0 Å². The Morgan fingerprint density at radius 3 is 2.60 bits per heavy atom. The molecule has 1 aliphatic heterocycles. The number of carbonyl (C=O) groups excluding carboxylic acids is 2. The Bertz CT molecular complexity index is 520. The van der Waals surface area contributed by atoms with E-state index in [2.05, 4.69) is 4.98 Å². The van der Waals surface area contributed by atoms with E-state index in [0.29, 0.717) is 24.4 Å². The summed E-state index contributed by atoms with van der Waals surface area (Å²) in [5, 5.41) is 10.6. The number of nitrogens with zero attached hydrogens (tertiary/aromatic N) is 2. The van der Waals surface area contributed by atoms with E-state index in [9.17, 15) is 14.7 Å². The van der Waals surface area contributed by atoms with Crippen molar-refractivity contribution in [1.29, 1.82) is 0 Å². The van der Waals surface area contributed by atoms with Gasteiger partial charge < -0.3 is 24.0 Å². The van der Waals surface area contributed by atoms with Crippen LogP contribution in [-0.2, 0) is 17.7 Å². The van der Waals surface area contributed by atoms with Gasteiger partial charge in [-0.05, 0) is 20.8 Å². The van der Waals surface area contributed by atoms with Crippen LogP contribution < -0.4 is 24.0 Å². The molecule has 2 rings (SSSR count). The van der Waals surface area contributed by atoms with Gasteiger partial charge in [-0.1, -0.05) is 0 Å². The molecule has 0 spiro atoms. The van der Waals surface area contributed by atoms with Crippen molar-refractivity contribution in [3.05, 3.63) is 17.3 Å². The molecule has 0 radical (unpaired) electrons. The van der Waals surface area contributed by atoms with E-state index < -0.39 is 23.6 Å². The zero-order valence-electron chi connectivity index (χ0n) is 12.1. The summed E-state index contributed by atoms with van der Waals surface area (Å²) in [6.07, 6.45) is -0.0183. The summed E-state index contributed by atoms with van der Waals surface area (Å²) in [4.78, 5) is 27.8. The van der Waals surface area contributed by atoms with E-state index in [1.54, 1.807) is 20.8 Å². The number of rotatable bonds is 1. The molecule has 7 nitrogen and oxygen atoms in total. The summed E-state index contributed by atoms with van der Waals surface area (Å²) in [5.41, 5.74) is -0.0198. The molecular formula is C12H15LiN2O5. The monoisotopic (exact) mass is 274 g/mol. The smallest absolute Gasteiger partial charge is 0.540 e. The topological polar surface area (TPSA) is 95.7 Å². The fourth-order valence-corrected chi connectivity index (χ4v) is 1.77. The van der Waals surface area contributed by atoms with Crippen molar-refractivity contribution in [2.75, 3.05) is 6.54 Å². The molecule has 0 saturated carbocycles. The molecular weight excluding hydrogens is 259 g/mol. The molecule has 0 bridgehead atoms. The average Bonchev–Trinajstić information content (AvgIpc) is 2.69. The number of carbonyl (C=O) groups is 2. The number of hydrogen-bond acceptors (Lipinski definition) is 6.